The first-order chi connectivity index (χ1) is 10.8. The van der Waals surface area contributed by atoms with Crippen LogP contribution in [0.2, 0.25) is 0 Å². The number of hydrogen-bond acceptors (Lipinski definition) is 4. The van der Waals surface area contributed by atoms with Gasteiger partial charge in [0.05, 0.1) is 12.2 Å². The average Bonchev–Trinajstić information content (AvgIpc) is 2.51. The average molecular weight is 296 g/mol. The van der Waals surface area contributed by atoms with Gasteiger partial charge in [-0.25, -0.2) is 4.68 Å². The fourth-order valence-corrected chi connectivity index (χ4v) is 3.43. The van der Waals surface area contributed by atoms with Crippen molar-refractivity contribution in [1.29, 1.82) is 0 Å². The highest BCUT2D eigenvalue weighted by molar-refractivity contribution is 5.47. The molecule has 0 atom stereocenters. The molecule has 5 heteroatoms. The zero-order valence-corrected chi connectivity index (χ0v) is 12.6. The van der Waals surface area contributed by atoms with Gasteiger partial charge in [-0.05, 0) is 43.4 Å². The molecular formula is C17H20N4O. The van der Waals surface area contributed by atoms with Crippen LogP contribution in [0.25, 0.3) is 0 Å². The Bertz CT molecular complexity index is 719. The lowest BCUT2D eigenvalue weighted by Crippen LogP contribution is -2.49. The van der Waals surface area contributed by atoms with Crippen molar-refractivity contribution in [3.05, 3.63) is 52.2 Å². The Kier molecular flexibility index (Phi) is 3.41. The van der Waals surface area contributed by atoms with E-state index in [0.29, 0.717) is 5.92 Å². The van der Waals surface area contributed by atoms with Crippen LogP contribution >= 0.6 is 0 Å². The summed E-state index contributed by atoms with van der Waals surface area (Å²) < 4.78 is 1.68. The van der Waals surface area contributed by atoms with Gasteiger partial charge >= 0.3 is 0 Å². The molecule has 1 aliphatic heterocycles. The molecule has 2 aromatic heterocycles. The van der Waals surface area contributed by atoms with Gasteiger partial charge in [0.1, 0.15) is 0 Å². The highest BCUT2D eigenvalue weighted by atomic mass is 16.1. The van der Waals surface area contributed by atoms with Gasteiger partial charge < -0.3 is 4.90 Å². The molecule has 1 saturated heterocycles. The molecule has 0 bridgehead atoms. The minimum atomic E-state index is 0.0583. The highest BCUT2D eigenvalue weighted by Gasteiger charge is 2.28. The van der Waals surface area contributed by atoms with E-state index in [9.17, 15) is 4.79 Å². The molecule has 5 nitrogen and oxygen atoms in total. The summed E-state index contributed by atoms with van der Waals surface area (Å²) in [5.41, 5.74) is 3.57. The zero-order valence-electron chi connectivity index (χ0n) is 12.6. The molecular weight excluding hydrogens is 276 g/mol. The summed E-state index contributed by atoms with van der Waals surface area (Å²) in [7, 11) is 0. The molecule has 1 fully saturated rings. The second-order valence-electron chi connectivity index (χ2n) is 6.32. The van der Waals surface area contributed by atoms with Gasteiger partial charge in [0.2, 0.25) is 0 Å². The van der Waals surface area contributed by atoms with Gasteiger partial charge in [-0.15, -0.1) is 0 Å². The number of rotatable bonds is 3. The van der Waals surface area contributed by atoms with Crippen molar-refractivity contribution in [2.75, 3.05) is 18.0 Å². The standard InChI is InChI=1S/C17H20N4O/c22-17-9-14-3-1-2-4-16(14)19-21(17)12-13-10-20(11-13)15-5-7-18-8-6-15/h5-9,13H,1-4,10-12H2. The zero-order chi connectivity index (χ0) is 14.9. The van der Waals surface area contributed by atoms with Crippen molar-refractivity contribution >= 4 is 5.69 Å². The molecule has 0 N–H and O–H groups in total. The summed E-state index contributed by atoms with van der Waals surface area (Å²) in [6.45, 7) is 2.69. The lowest BCUT2D eigenvalue weighted by Gasteiger charge is -2.41. The summed E-state index contributed by atoms with van der Waals surface area (Å²) >= 11 is 0. The van der Waals surface area contributed by atoms with Crippen LogP contribution in [0.5, 0.6) is 0 Å². The van der Waals surface area contributed by atoms with Gasteiger partial charge in [0.25, 0.3) is 5.56 Å². The SMILES string of the molecule is O=c1cc2c(nn1CC1CN(c3ccncc3)C1)CCCC2. The van der Waals surface area contributed by atoms with E-state index in [1.807, 2.05) is 24.5 Å². The fourth-order valence-electron chi connectivity index (χ4n) is 3.43. The van der Waals surface area contributed by atoms with E-state index in [4.69, 9.17) is 0 Å². The van der Waals surface area contributed by atoms with E-state index in [-0.39, 0.29) is 5.56 Å². The largest absolute Gasteiger partial charge is 0.371 e. The van der Waals surface area contributed by atoms with Crippen molar-refractivity contribution in [1.82, 2.24) is 14.8 Å². The normalized spacial score (nSPS) is 17.9. The number of hydrogen-bond donors (Lipinski definition) is 0. The molecule has 0 unspecified atom stereocenters. The van der Waals surface area contributed by atoms with Crippen molar-refractivity contribution < 1.29 is 0 Å². The predicted molar refractivity (Wildman–Crippen MR) is 85.1 cm³/mol. The Morgan fingerprint density at radius 1 is 1.14 bits per heavy atom. The van der Waals surface area contributed by atoms with E-state index >= 15 is 0 Å². The summed E-state index contributed by atoms with van der Waals surface area (Å²) in [6, 6.07) is 5.86. The van der Waals surface area contributed by atoms with E-state index in [1.165, 1.54) is 24.1 Å². The summed E-state index contributed by atoms with van der Waals surface area (Å²) in [5.74, 6) is 0.500. The number of anilines is 1. The fraction of sp³-hybridized carbons (Fsp3) is 0.471. The van der Waals surface area contributed by atoms with Crippen molar-refractivity contribution in [3.63, 3.8) is 0 Å². The van der Waals surface area contributed by atoms with Crippen LogP contribution in [0.15, 0.2) is 35.4 Å². The number of pyridine rings is 1. The first kappa shape index (κ1) is 13.5. The number of aromatic nitrogens is 3. The van der Waals surface area contributed by atoms with Crippen LogP contribution < -0.4 is 10.5 Å². The summed E-state index contributed by atoms with van der Waals surface area (Å²) in [5, 5.41) is 4.61. The smallest absolute Gasteiger partial charge is 0.267 e. The lowest BCUT2D eigenvalue weighted by molar-refractivity contribution is 0.331. The van der Waals surface area contributed by atoms with Crippen molar-refractivity contribution in [2.24, 2.45) is 5.92 Å². The third-order valence-corrected chi connectivity index (χ3v) is 4.69. The van der Waals surface area contributed by atoms with E-state index in [2.05, 4.69) is 15.0 Å². The Hall–Kier alpha value is -2.17. The van der Waals surface area contributed by atoms with Gasteiger partial charge in [0, 0.05) is 43.2 Å². The van der Waals surface area contributed by atoms with E-state index in [1.54, 1.807) is 10.7 Å². The minimum Gasteiger partial charge on any atom is -0.371 e. The van der Waals surface area contributed by atoms with E-state index < -0.39 is 0 Å². The molecule has 0 aromatic carbocycles. The van der Waals surface area contributed by atoms with Gasteiger partial charge in [-0.3, -0.25) is 9.78 Å². The highest BCUT2D eigenvalue weighted by Crippen LogP contribution is 2.24. The first-order valence-corrected chi connectivity index (χ1v) is 8.04. The summed E-state index contributed by atoms with van der Waals surface area (Å²) in [4.78, 5) is 18.6. The molecule has 0 amide bonds. The second-order valence-corrected chi connectivity index (χ2v) is 6.32. The molecule has 22 heavy (non-hydrogen) atoms. The van der Waals surface area contributed by atoms with E-state index in [0.717, 1.165) is 38.2 Å². The van der Waals surface area contributed by atoms with Crippen LogP contribution in [0.4, 0.5) is 5.69 Å². The Morgan fingerprint density at radius 2 is 1.91 bits per heavy atom. The van der Waals surface area contributed by atoms with Crippen molar-refractivity contribution in [2.45, 2.75) is 32.2 Å². The summed E-state index contributed by atoms with van der Waals surface area (Å²) in [6.07, 6.45) is 8.04. The third kappa shape index (κ3) is 2.51. The molecule has 0 radical (unpaired) electrons. The molecule has 114 valence electrons. The number of aryl methyl sites for hydroxylation is 2. The molecule has 0 spiro atoms. The molecule has 4 rings (SSSR count). The van der Waals surface area contributed by atoms with Crippen LogP contribution in [0.1, 0.15) is 24.1 Å². The molecule has 1 aliphatic carbocycles. The Labute approximate surface area is 129 Å². The Balaban J connectivity index is 1.44. The molecule has 3 heterocycles. The second kappa shape index (κ2) is 5.55. The number of fused-ring (bicyclic) bond motifs is 1. The maximum Gasteiger partial charge on any atom is 0.267 e. The van der Waals surface area contributed by atoms with Crippen LogP contribution in [-0.4, -0.2) is 27.9 Å². The number of nitrogens with zero attached hydrogens (tertiary/aromatic N) is 4. The molecule has 0 saturated carbocycles. The van der Waals surface area contributed by atoms with Crippen molar-refractivity contribution in [3.8, 4) is 0 Å². The monoisotopic (exact) mass is 296 g/mol. The van der Waals surface area contributed by atoms with Gasteiger partial charge in [-0.1, -0.05) is 0 Å². The third-order valence-electron chi connectivity index (χ3n) is 4.69. The first-order valence-electron chi connectivity index (χ1n) is 8.04. The quantitative estimate of drug-likeness (QED) is 0.864. The molecule has 2 aliphatic rings. The lowest BCUT2D eigenvalue weighted by atomic mass is 9.96. The maximum absolute atomic E-state index is 12.2. The topological polar surface area (TPSA) is 51.0 Å². The van der Waals surface area contributed by atoms with Gasteiger partial charge in [0.15, 0.2) is 0 Å². The molecule has 2 aromatic rings. The van der Waals surface area contributed by atoms with Crippen LogP contribution in [0, 0.1) is 5.92 Å². The van der Waals surface area contributed by atoms with Crippen LogP contribution in [-0.2, 0) is 19.4 Å². The van der Waals surface area contributed by atoms with Crippen LogP contribution in [0.3, 0.4) is 0 Å². The maximum atomic E-state index is 12.2. The van der Waals surface area contributed by atoms with Gasteiger partial charge in [-0.2, -0.15) is 5.10 Å². The predicted octanol–water partition coefficient (Wildman–Crippen LogP) is 1.65. The Morgan fingerprint density at radius 3 is 2.73 bits per heavy atom. The minimum absolute atomic E-state index is 0.0583.